The molecule has 0 aliphatic rings. The number of nitrogens with one attached hydrogen (secondary N) is 2. The van der Waals surface area contributed by atoms with Crippen LogP contribution in [0, 0.1) is 0 Å². The Balaban J connectivity index is 1.85. The van der Waals surface area contributed by atoms with E-state index >= 15 is 0 Å². The third kappa shape index (κ3) is 5.66. The van der Waals surface area contributed by atoms with Crippen molar-refractivity contribution in [1.82, 2.24) is 15.0 Å². The van der Waals surface area contributed by atoms with Crippen LogP contribution in [0.1, 0.15) is 12.6 Å². The Morgan fingerprint density at radius 2 is 2.25 bits per heavy atom. The van der Waals surface area contributed by atoms with Crippen molar-refractivity contribution in [2.24, 2.45) is 0 Å². The minimum atomic E-state index is -0.506. The van der Waals surface area contributed by atoms with E-state index in [1.54, 1.807) is 12.3 Å². The van der Waals surface area contributed by atoms with Crippen molar-refractivity contribution >= 4 is 40.1 Å². The van der Waals surface area contributed by atoms with Crippen molar-refractivity contribution < 1.29 is 19.4 Å². The Hall–Kier alpha value is -2.40. The van der Waals surface area contributed by atoms with Crippen LogP contribution in [0.25, 0.3) is 0 Å². The molecule has 2 heterocycles. The summed E-state index contributed by atoms with van der Waals surface area (Å²) < 4.78 is 4.82. The number of hydrogen-bond acceptors (Lipinski definition) is 9. The number of H-pyrrole nitrogens is 1. The number of aromatic nitrogens is 3. The van der Waals surface area contributed by atoms with Crippen LogP contribution in [-0.2, 0) is 20.7 Å². The van der Waals surface area contributed by atoms with Gasteiger partial charge in [-0.25, -0.2) is 4.98 Å². The maximum Gasteiger partial charge on any atom is 0.311 e. The van der Waals surface area contributed by atoms with Crippen molar-refractivity contribution in [1.29, 1.82) is 0 Å². The molecule has 0 unspecified atom stereocenters. The van der Waals surface area contributed by atoms with E-state index in [1.165, 1.54) is 11.3 Å². The van der Waals surface area contributed by atoms with Crippen molar-refractivity contribution in [3.05, 3.63) is 27.5 Å². The molecular formula is C13H14N4O5S2. The van der Waals surface area contributed by atoms with Crippen molar-refractivity contribution in [3.8, 4) is 5.88 Å². The molecule has 0 saturated carbocycles. The van der Waals surface area contributed by atoms with Gasteiger partial charge in [0.2, 0.25) is 11.8 Å². The highest BCUT2D eigenvalue weighted by Gasteiger charge is 2.11. The summed E-state index contributed by atoms with van der Waals surface area (Å²) in [4.78, 5) is 44.6. The number of carbonyl (C=O) groups excluding carboxylic acids is 2. The summed E-state index contributed by atoms with van der Waals surface area (Å²) in [7, 11) is 0. The number of amides is 1. The number of rotatable bonds is 7. The molecule has 0 bridgehead atoms. The van der Waals surface area contributed by atoms with Crippen LogP contribution < -0.4 is 10.9 Å². The number of hydrogen-bond donors (Lipinski definition) is 3. The first-order valence-corrected chi connectivity index (χ1v) is 8.65. The Morgan fingerprint density at radius 1 is 1.46 bits per heavy atom. The molecule has 3 N–H and O–H groups in total. The normalized spacial score (nSPS) is 10.4. The maximum atomic E-state index is 11.9. The number of carbonyl (C=O) groups is 2. The molecule has 0 aliphatic carbocycles. The fourth-order valence-electron chi connectivity index (χ4n) is 1.59. The van der Waals surface area contributed by atoms with Gasteiger partial charge in [-0.2, -0.15) is 4.98 Å². The smallest absolute Gasteiger partial charge is 0.311 e. The monoisotopic (exact) mass is 370 g/mol. The van der Waals surface area contributed by atoms with Gasteiger partial charge in [0, 0.05) is 5.38 Å². The van der Waals surface area contributed by atoms with Gasteiger partial charge in [0.15, 0.2) is 10.3 Å². The highest BCUT2D eigenvalue weighted by atomic mass is 32.2. The number of anilines is 1. The van der Waals surface area contributed by atoms with Gasteiger partial charge in [0.05, 0.1) is 30.5 Å². The molecule has 11 heteroatoms. The molecule has 2 aromatic heterocycles. The van der Waals surface area contributed by atoms with E-state index in [0.29, 0.717) is 17.4 Å². The molecule has 2 aromatic rings. The van der Waals surface area contributed by atoms with Gasteiger partial charge in [-0.05, 0) is 6.92 Å². The summed E-state index contributed by atoms with van der Waals surface area (Å²) in [5, 5.41) is 14.0. The lowest BCUT2D eigenvalue weighted by Crippen LogP contribution is -2.15. The molecule has 0 spiro atoms. The van der Waals surface area contributed by atoms with Crippen LogP contribution in [0.5, 0.6) is 5.88 Å². The van der Waals surface area contributed by atoms with Crippen LogP contribution in [0.2, 0.25) is 0 Å². The second-order valence-corrected chi connectivity index (χ2v) is 6.19. The van der Waals surface area contributed by atoms with Crippen LogP contribution in [0.4, 0.5) is 5.13 Å². The lowest BCUT2D eigenvalue weighted by molar-refractivity contribution is -0.142. The fraction of sp³-hybridized carbons (Fsp3) is 0.308. The highest BCUT2D eigenvalue weighted by molar-refractivity contribution is 7.99. The molecule has 0 radical (unpaired) electrons. The topological polar surface area (TPSA) is 134 Å². The largest absolute Gasteiger partial charge is 0.493 e. The Labute approximate surface area is 144 Å². The molecular weight excluding hydrogens is 356 g/mol. The van der Waals surface area contributed by atoms with Crippen molar-refractivity contribution in [3.63, 3.8) is 0 Å². The molecule has 2 rings (SSSR count). The number of aromatic hydroxyl groups is 1. The lowest BCUT2D eigenvalue weighted by atomic mass is 10.3. The molecule has 24 heavy (non-hydrogen) atoms. The van der Waals surface area contributed by atoms with Crippen LogP contribution in [0.15, 0.2) is 21.4 Å². The predicted octanol–water partition coefficient (Wildman–Crippen LogP) is 0.768. The SMILES string of the molecule is CCOC(=O)Cc1csc(NC(=O)CSc2nc(O)cc(=O)[nH]2)n1. The van der Waals surface area contributed by atoms with Gasteiger partial charge in [-0.3, -0.25) is 14.4 Å². The summed E-state index contributed by atoms with van der Waals surface area (Å²) in [5.41, 5.74) is 0.00863. The zero-order valence-electron chi connectivity index (χ0n) is 12.6. The Bertz CT molecular complexity index is 789. The second-order valence-electron chi connectivity index (χ2n) is 4.37. The third-order valence-electron chi connectivity index (χ3n) is 2.48. The minimum Gasteiger partial charge on any atom is -0.493 e. The van der Waals surface area contributed by atoms with E-state index in [9.17, 15) is 19.5 Å². The summed E-state index contributed by atoms with van der Waals surface area (Å²) in [5.74, 6) is -1.18. The van der Waals surface area contributed by atoms with Gasteiger partial charge < -0.3 is 20.1 Å². The first kappa shape index (κ1) is 17.9. The maximum absolute atomic E-state index is 11.9. The highest BCUT2D eigenvalue weighted by Crippen LogP contribution is 2.18. The quantitative estimate of drug-likeness (QED) is 0.369. The van der Waals surface area contributed by atoms with E-state index in [4.69, 9.17) is 4.74 Å². The van der Waals surface area contributed by atoms with Crippen LogP contribution in [0.3, 0.4) is 0 Å². The third-order valence-corrected chi connectivity index (χ3v) is 4.16. The number of aromatic amines is 1. The Morgan fingerprint density at radius 3 is 2.96 bits per heavy atom. The average molecular weight is 370 g/mol. The number of thioether (sulfide) groups is 1. The molecule has 0 atom stereocenters. The van der Waals surface area contributed by atoms with E-state index in [2.05, 4.69) is 20.3 Å². The zero-order valence-corrected chi connectivity index (χ0v) is 14.2. The molecule has 9 nitrogen and oxygen atoms in total. The molecule has 128 valence electrons. The molecule has 0 saturated heterocycles. The van der Waals surface area contributed by atoms with E-state index in [0.717, 1.165) is 17.8 Å². The van der Waals surface area contributed by atoms with Crippen LogP contribution >= 0.6 is 23.1 Å². The van der Waals surface area contributed by atoms with Gasteiger partial charge >= 0.3 is 5.97 Å². The first-order valence-electron chi connectivity index (χ1n) is 6.79. The van der Waals surface area contributed by atoms with E-state index in [-0.39, 0.29) is 29.2 Å². The minimum absolute atomic E-state index is 0.0286. The number of thiazole rings is 1. The van der Waals surface area contributed by atoms with Crippen LogP contribution in [-0.4, -0.2) is 44.3 Å². The molecule has 1 amide bonds. The van der Waals surface area contributed by atoms with Gasteiger partial charge in [0.1, 0.15) is 0 Å². The molecule has 0 aliphatic heterocycles. The summed E-state index contributed by atoms with van der Waals surface area (Å²) in [6.07, 6.45) is 0.0450. The van der Waals surface area contributed by atoms with E-state index in [1.807, 2.05) is 0 Å². The predicted molar refractivity (Wildman–Crippen MR) is 88.3 cm³/mol. The van der Waals surface area contributed by atoms with Crippen molar-refractivity contribution in [2.45, 2.75) is 18.5 Å². The number of nitrogens with zero attached hydrogens (tertiary/aromatic N) is 2. The van der Waals surface area contributed by atoms with Gasteiger partial charge in [0.25, 0.3) is 5.56 Å². The number of ether oxygens (including phenoxy) is 1. The average Bonchev–Trinajstić information content (AvgIpc) is 2.91. The molecule has 0 fully saturated rings. The standard InChI is InChI=1S/C13H14N4O5S2/c1-2-22-11(21)3-7-5-23-12(14-7)17-10(20)6-24-13-15-8(18)4-9(19)16-13/h4-5H,2-3,6H2,1H3,(H,14,17,20)(H2,15,16,18,19). The first-order chi connectivity index (χ1) is 11.5. The lowest BCUT2D eigenvalue weighted by Gasteiger charge is -2.02. The number of esters is 1. The Kier molecular flexibility index (Phi) is 6.32. The summed E-state index contributed by atoms with van der Waals surface area (Å²) in [6.45, 7) is 2.02. The fourth-order valence-corrected chi connectivity index (χ4v) is 2.98. The summed E-state index contributed by atoms with van der Waals surface area (Å²) in [6, 6.07) is 0.935. The zero-order chi connectivity index (χ0) is 17.5. The molecule has 0 aromatic carbocycles. The van der Waals surface area contributed by atoms with E-state index < -0.39 is 11.4 Å². The van der Waals surface area contributed by atoms with Gasteiger partial charge in [-0.1, -0.05) is 11.8 Å². The van der Waals surface area contributed by atoms with Crippen molar-refractivity contribution in [2.75, 3.05) is 17.7 Å². The van der Waals surface area contributed by atoms with Gasteiger partial charge in [-0.15, -0.1) is 11.3 Å². The summed E-state index contributed by atoms with van der Waals surface area (Å²) >= 11 is 2.16. The second kappa shape index (κ2) is 8.45.